The summed E-state index contributed by atoms with van der Waals surface area (Å²) in [6, 6.07) is 12.1. The zero-order valence-corrected chi connectivity index (χ0v) is 34.1. The maximum absolute atomic E-state index is 16.5. The van der Waals surface area contributed by atoms with E-state index in [0.717, 1.165) is 23.3 Å². The first-order valence-corrected chi connectivity index (χ1v) is 20.3. The van der Waals surface area contributed by atoms with Crippen molar-refractivity contribution in [3.63, 3.8) is 0 Å². The fourth-order valence-corrected chi connectivity index (χ4v) is 7.60. The average molecular weight is 896 g/mol. The summed E-state index contributed by atoms with van der Waals surface area (Å²) in [4.78, 5) is 44.4. The first kappa shape index (κ1) is 45.7. The van der Waals surface area contributed by atoms with Crippen molar-refractivity contribution < 1.29 is 68.3 Å². The molecule has 21 heteroatoms. The molecule has 1 aromatic heterocycles. The molecule has 330 valence electrons. The van der Waals surface area contributed by atoms with Crippen LogP contribution in [0.2, 0.25) is 0 Å². The van der Waals surface area contributed by atoms with E-state index in [4.69, 9.17) is 19.6 Å². The number of alkyl carbamates (subject to hydrolysis) is 1. The van der Waals surface area contributed by atoms with Gasteiger partial charge in [0.15, 0.2) is 0 Å². The molecule has 2 heterocycles. The first-order valence-electron chi connectivity index (χ1n) is 18.7. The molecule has 1 aliphatic heterocycles. The number of nitrogens with one attached hydrogen (secondary N) is 2. The van der Waals surface area contributed by atoms with E-state index < -0.39 is 85.0 Å². The molecule has 0 spiro atoms. The van der Waals surface area contributed by atoms with Crippen LogP contribution in [0.15, 0.2) is 72.8 Å². The van der Waals surface area contributed by atoms with Gasteiger partial charge in [0.1, 0.15) is 24.0 Å². The monoisotopic (exact) mass is 895 g/mol. The lowest BCUT2D eigenvalue weighted by molar-refractivity contribution is -0.143. The summed E-state index contributed by atoms with van der Waals surface area (Å²) in [6.07, 6.45) is -10.5. The van der Waals surface area contributed by atoms with Crippen LogP contribution in [0.1, 0.15) is 72.3 Å². The molecule has 4 aromatic carbocycles. The maximum atomic E-state index is 16.5. The molecule has 3 amide bonds. The molecule has 0 saturated carbocycles. The Labute approximate surface area is 348 Å². The highest BCUT2D eigenvalue weighted by Crippen LogP contribution is 2.47. The van der Waals surface area contributed by atoms with Crippen LogP contribution in [-0.4, -0.2) is 36.6 Å². The van der Waals surface area contributed by atoms with Crippen molar-refractivity contribution in [3.05, 3.63) is 129 Å². The van der Waals surface area contributed by atoms with Gasteiger partial charge in [-0.3, -0.25) is 14.7 Å². The van der Waals surface area contributed by atoms with Crippen LogP contribution >= 0.6 is 7.82 Å². The van der Waals surface area contributed by atoms with Crippen LogP contribution in [-0.2, 0) is 59.7 Å². The third-order valence-corrected chi connectivity index (χ3v) is 10.7. The highest BCUT2D eigenvalue weighted by molar-refractivity contribution is 7.46. The second-order valence-electron chi connectivity index (χ2n) is 14.7. The van der Waals surface area contributed by atoms with Crippen molar-refractivity contribution in [2.24, 2.45) is 0 Å². The van der Waals surface area contributed by atoms with E-state index in [-0.39, 0.29) is 29.6 Å². The number of aryl methyl sites for hydroxylation is 2. The number of aromatic nitrogens is 2. The fraction of sp³-hybridized carbons (Fsp3) is 0.293. The number of nitrogens with zero attached hydrogens (tertiary/aromatic N) is 3. The van der Waals surface area contributed by atoms with E-state index in [1.54, 1.807) is 24.1 Å². The largest absolute Gasteiger partial charge is 0.524 e. The molecule has 0 bridgehead atoms. The number of carbonyl (C=O) groups is 2. The van der Waals surface area contributed by atoms with Crippen LogP contribution in [0.4, 0.5) is 50.4 Å². The minimum atomic E-state index is -5.13. The Morgan fingerprint density at radius 1 is 0.871 bits per heavy atom. The van der Waals surface area contributed by atoms with Gasteiger partial charge in [-0.05, 0) is 79.3 Å². The van der Waals surface area contributed by atoms with Crippen LogP contribution in [0, 0.1) is 11.6 Å². The quantitative estimate of drug-likeness (QED) is 0.0749. The number of phosphoric ester groups is 1. The highest BCUT2D eigenvalue weighted by Gasteiger charge is 2.45. The van der Waals surface area contributed by atoms with E-state index in [9.17, 15) is 40.5 Å². The van der Waals surface area contributed by atoms with Gasteiger partial charge in [-0.1, -0.05) is 50.2 Å². The van der Waals surface area contributed by atoms with Gasteiger partial charge in [0.25, 0.3) is 0 Å². The number of ether oxygens (including phenoxy) is 1. The Kier molecular flexibility index (Phi) is 12.6. The molecular weight excluding hydrogens is 857 g/mol. The summed E-state index contributed by atoms with van der Waals surface area (Å²) in [6.45, 7) is 6.00. The smallest absolute Gasteiger partial charge is 0.444 e. The van der Waals surface area contributed by atoms with E-state index >= 15 is 8.78 Å². The number of hydrogen-bond donors (Lipinski definition) is 4. The minimum absolute atomic E-state index is 0.0481. The van der Waals surface area contributed by atoms with Gasteiger partial charge in [-0.25, -0.2) is 32.9 Å². The Hall–Kier alpha value is -5.82. The predicted molar refractivity (Wildman–Crippen MR) is 208 cm³/mol. The molecule has 0 radical (unpaired) electrons. The Bertz CT molecular complexity index is 2550. The molecular formula is C41H38F8N5O7P. The second-order valence-corrected chi connectivity index (χ2v) is 15.9. The van der Waals surface area contributed by atoms with Crippen molar-refractivity contribution >= 4 is 25.6 Å². The molecule has 0 atom stereocenters. The summed E-state index contributed by atoms with van der Waals surface area (Å²) in [5, 5.41) is 8.74. The number of benzene rings is 4. The van der Waals surface area contributed by atoms with Gasteiger partial charge in [0, 0.05) is 30.3 Å². The summed E-state index contributed by atoms with van der Waals surface area (Å²) in [7, 11) is -4.80. The Balaban J connectivity index is 1.31. The molecule has 0 fully saturated rings. The number of imide groups is 1. The molecule has 1 aliphatic rings. The van der Waals surface area contributed by atoms with Gasteiger partial charge in [-0.15, -0.1) is 0 Å². The van der Waals surface area contributed by atoms with E-state index in [0.29, 0.717) is 47.5 Å². The molecule has 0 aliphatic carbocycles. The molecule has 0 saturated heterocycles. The summed E-state index contributed by atoms with van der Waals surface area (Å²) >= 11 is 0. The molecule has 6 rings (SSSR count). The van der Waals surface area contributed by atoms with Crippen molar-refractivity contribution in [1.82, 2.24) is 20.0 Å². The number of para-hydroxylation sites is 1. The van der Waals surface area contributed by atoms with E-state index in [2.05, 4.69) is 4.52 Å². The van der Waals surface area contributed by atoms with Crippen molar-refractivity contribution in [1.29, 1.82) is 0 Å². The van der Waals surface area contributed by atoms with Crippen LogP contribution in [0.5, 0.6) is 5.75 Å². The Morgan fingerprint density at radius 2 is 1.52 bits per heavy atom. The lowest BCUT2D eigenvalue weighted by Crippen LogP contribution is -2.36. The van der Waals surface area contributed by atoms with Crippen LogP contribution < -0.4 is 15.2 Å². The van der Waals surface area contributed by atoms with Gasteiger partial charge in [-0.2, -0.15) is 31.4 Å². The number of urea groups is 1. The third-order valence-electron chi connectivity index (χ3n) is 10.3. The molecule has 5 aromatic rings. The average Bonchev–Trinajstić information content (AvgIpc) is 3.66. The number of amides is 3. The normalized spacial score (nSPS) is 14.1. The molecule has 0 unspecified atom stereocenters. The van der Waals surface area contributed by atoms with Crippen molar-refractivity contribution in [2.45, 2.75) is 78.1 Å². The summed E-state index contributed by atoms with van der Waals surface area (Å²) < 4.78 is 137. The minimum Gasteiger partial charge on any atom is -0.444 e. The number of fused-ring (bicyclic) bond motifs is 1. The number of alkyl halides is 6. The number of carbonyl (C=O) groups excluding carboxylic acids is 2. The van der Waals surface area contributed by atoms with Crippen molar-refractivity contribution in [2.75, 3.05) is 5.32 Å². The third kappa shape index (κ3) is 9.78. The molecule has 12 nitrogen and oxygen atoms in total. The number of phosphoric acid groups is 1. The molecule has 62 heavy (non-hydrogen) atoms. The topological polar surface area (TPSA) is 155 Å². The zero-order valence-electron chi connectivity index (χ0n) is 33.2. The summed E-state index contributed by atoms with van der Waals surface area (Å²) in [5.41, 5.74) is -2.47. The number of rotatable bonds is 11. The van der Waals surface area contributed by atoms with E-state index in [1.165, 1.54) is 28.9 Å². The SMILES string of the molecule is CCc1cccc(CC)c1-n1nc2c(c1-c1cc(F)c(NC(=O)NC(=O)OCc3ccc(OP(=O)(O)O)cc3)cc1F)CN(Cc1ccc(C(F)(F)F)cc1C(F)(F)F)C2(C)C. The van der Waals surface area contributed by atoms with Gasteiger partial charge < -0.3 is 14.6 Å². The lowest BCUT2D eigenvalue weighted by Gasteiger charge is -2.33. The number of halogens is 8. The first-order chi connectivity index (χ1) is 28.9. The van der Waals surface area contributed by atoms with Gasteiger partial charge >= 0.3 is 32.3 Å². The summed E-state index contributed by atoms with van der Waals surface area (Å²) in [5.74, 6) is -2.39. The van der Waals surface area contributed by atoms with Crippen LogP contribution in [0.3, 0.4) is 0 Å². The molecule has 4 N–H and O–H groups in total. The fourth-order valence-electron chi connectivity index (χ4n) is 7.21. The zero-order chi connectivity index (χ0) is 45.5. The van der Waals surface area contributed by atoms with Crippen LogP contribution in [0.25, 0.3) is 16.9 Å². The Morgan fingerprint density at radius 3 is 2.10 bits per heavy atom. The maximum Gasteiger partial charge on any atom is 0.524 e. The lowest BCUT2D eigenvalue weighted by atomic mass is 9.97. The van der Waals surface area contributed by atoms with Crippen molar-refractivity contribution in [3.8, 4) is 22.7 Å². The number of anilines is 1. The highest BCUT2D eigenvalue weighted by atomic mass is 31.2. The van der Waals surface area contributed by atoms with Gasteiger partial charge in [0.05, 0.1) is 39.4 Å². The predicted octanol–water partition coefficient (Wildman–Crippen LogP) is 10.2. The standard InChI is InChI=1S/C41H38F8N5O7P/c1-5-23-8-7-9-24(6-2)34(23)54-35(29-20-53(39(3,4)36(29)52-54)19-25-12-13-26(40(44,45)46)16-30(25)41(47,48)49)28-17-32(43)33(18-31(28)42)50-37(55)51-38(56)60-21-22-10-14-27(15-11-22)61-62(57,58)59/h7-18H,5-6,19-21H2,1-4H3,(H2,57,58,59)(H2,50,51,55,56). The van der Waals surface area contributed by atoms with E-state index in [1.807, 2.05) is 37.4 Å². The number of hydrogen-bond acceptors (Lipinski definition) is 7. The second kappa shape index (κ2) is 17.2. The van der Waals surface area contributed by atoms with Gasteiger partial charge in [0.2, 0.25) is 0 Å².